The largest absolute Gasteiger partial charge is 0.490 e. The molecule has 1 aromatic carbocycles. The summed E-state index contributed by atoms with van der Waals surface area (Å²) < 4.78 is 11.5. The van der Waals surface area contributed by atoms with E-state index in [9.17, 15) is 9.59 Å². The van der Waals surface area contributed by atoms with Gasteiger partial charge >= 0.3 is 5.97 Å². The van der Waals surface area contributed by atoms with Gasteiger partial charge in [-0.15, -0.1) is 11.3 Å². The van der Waals surface area contributed by atoms with Gasteiger partial charge in [0, 0.05) is 13.1 Å². The zero-order valence-corrected chi connectivity index (χ0v) is 17.1. The van der Waals surface area contributed by atoms with Crippen LogP contribution in [-0.4, -0.2) is 37.0 Å². The van der Waals surface area contributed by atoms with Crippen molar-refractivity contribution in [2.45, 2.75) is 6.92 Å². The smallest absolute Gasteiger partial charge is 0.331 e. The van der Waals surface area contributed by atoms with E-state index < -0.39 is 5.97 Å². The Hall–Kier alpha value is -2.08. The van der Waals surface area contributed by atoms with Crippen LogP contribution in [0.5, 0.6) is 11.5 Å². The molecule has 0 saturated heterocycles. The SMILES string of the molecule is CCOc1cc(C#N)cc(Cl)c1OC(=O)CN(C)C(=O)c1ccc(Br)s1. The molecule has 0 saturated carbocycles. The Morgan fingerprint density at radius 2 is 2.12 bits per heavy atom. The van der Waals surface area contributed by atoms with Gasteiger partial charge in [0.15, 0.2) is 11.5 Å². The van der Waals surface area contributed by atoms with Crippen LogP contribution in [-0.2, 0) is 4.79 Å². The quantitative estimate of drug-likeness (QED) is 0.482. The van der Waals surface area contributed by atoms with Crippen molar-refractivity contribution in [3.05, 3.63) is 43.5 Å². The number of amides is 1. The molecule has 0 aliphatic heterocycles. The Balaban J connectivity index is 2.12. The average molecular weight is 458 g/mol. The van der Waals surface area contributed by atoms with Gasteiger partial charge in [0.2, 0.25) is 0 Å². The van der Waals surface area contributed by atoms with Gasteiger partial charge in [-0.25, -0.2) is 4.79 Å². The summed E-state index contributed by atoms with van der Waals surface area (Å²) in [5.41, 5.74) is 0.286. The monoisotopic (exact) mass is 456 g/mol. The van der Waals surface area contributed by atoms with Crippen LogP contribution in [0.2, 0.25) is 5.02 Å². The molecule has 1 aromatic heterocycles. The highest BCUT2D eigenvalue weighted by Crippen LogP contribution is 2.36. The molecule has 2 rings (SSSR count). The lowest BCUT2D eigenvalue weighted by molar-refractivity contribution is -0.135. The Morgan fingerprint density at radius 1 is 1.38 bits per heavy atom. The molecule has 0 fully saturated rings. The van der Waals surface area contributed by atoms with Gasteiger partial charge in [-0.05, 0) is 41.1 Å². The van der Waals surface area contributed by atoms with Crippen molar-refractivity contribution >= 4 is 50.7 Å². The van der Waals surface area contributed by atoms with Gasteiger partial charge in [-0.3, -0.25) is 4.79 Å². The van der Waals surface area contributed by atoms with Gasteiger partial charge in [-0.1, -0.05) is 11.6 Å². The summed E-state index contributed by atoms with van der Waals surface area (Å²) in [6.07, 6.45) is 0. The third kappa shape index (κ3) is 4.97. The highest BCUT2D eigenvalue weighted by atomic mass is 79.9. The van der Waals surface area contributed by atoms with Crippen LogP contribution in [0.3, 0.4) is 0 Å². The molecule has 0 atom stereocenters. The standard InChI is InChI=1S/C17H14BrClN2O4S/c1-3-24-12-7-10(8-20)6-11(19)16(12)25-15(22)9-21(2)17(23)13-4-5-14(18)26-13/h4-7H,3,9H2,1-2H3. The number of hydrogen-bond acceptors (Lipinski definition) is 6. The van der Waals surface area contributed by atoms with Crippen molar-refractivity contribution in [3.63, 3.8) is 0 Å². The highest BCUT2D eigenvalue weighted by Gasteiger charge is 2.21. The number of thiophene rings is 1. The fourth-order valence-electron chi connectivity index (χ4n) is 2.02. The van der Waals surface area contributed by atoms with Crippen molar-refractivity contribution < 1.29 is 19.1 Å². The number of benzene rings is 1. The number of nitrogens with zero attached hydrogens (tertiary/aromatic N) is 2. The number of likely N-dealkylation sites (N-methyl/N-ethyl adjacent to an activating group) is 1. The Bertz CT molecular complexity index is 878. The molecule has 2 aromatic rings. The predicted octanol–water partition coefficient (Wildman–Crippen LogP) is 4.11. The number of ether oxygens (including phenoxy) is 2. The minimum Gasteiger partial charge on any atom is -0.490 e. The van der Waals surface area contributed by atoms with Crippen LogP contribution in [0.1, 0.15) is 22.2 Å². The van der Waals surface area contributed by atoms with Gasteiger partial charge < -0.3 is 14.4 Å². The maximum absolute atomic E-state index is 12.3. The molecule has 6 nitrogen and oxygen atoms in total. The number of nitriles is 1. The first-order chi connectivity index (χ1) is 12.3. The third-order valence-corrected chi connectivity index (χ3v) is 5.04. The summed E-state index contributed by atoms with van der Waals surface area (Å²) in [4.78, 5) is 26.3. The fourth-order valence-corrected chi connectivity index (χ4v) is 3.65. The van der Waals surface area contributed by atoms with E-state index in [1.54, 1.807) is 19.1 Å². The first kappa shape index (κ1) is 20.2. The number of carbonyl (C=O) groups is 2. The summed E-state index contributed by atoms with van der Waals surface area (Å²) in [6, 6.07) is 8.20. The Labute approximate surface area is 168 Å². The molecule has 9 heteroatoms. The van der Waals surface area contributed by atoms with E-state index >= 15 is 0 Å². The van der Waals surface area contributed by atoms with Crippen molar-refractivity contribution in [1.82, 2.24) is 4.90 Å². The van der Waals surface area contributed by atoms with Crippen LogP contribution in [0, 0.1) is 11.3 Å². The van der Waals surface area contributed by atoms with E-state index in [2.05, 4.69) is 15.9 Å². The number of esters is 1. The molecule has 0 bridgehead atoms. The molecule has 0 aliphatic rings. The molecule has 1 heterocycles. The normalized spacial score (nSPS) is 10.1. The van der Waals surface area contributed by atoms with Crippen molar-refractivity contribution in [2.75, 3.05) is 20.2 Å². The zero-order valence-electron chi connectivity index (χ0n) is 13.9. The van der Waals surface area contributed by atoms with Gasteiger partial charge in [-0.2, -0.15) is 5.26 Å². The molecule has 26 heavy (non-hydrogen) atoms. The van der Waals surface area contributed by atoms with Crippen molar-refractivity contribution in [3.8, 4) is 17.6 Å². The molecule has 0 spiro atoms. The van der Waals surface area contributed by atoms with Gasteiger partial charge in [0.05, 0.1) is 31.9 Å². The summed E-state index contributed by atoms with van der Waals surface area (Å²) in [6.45, 7) is 1.79. The topological polar surface area (TPSA) is 79.6 Å². The second-order valence-corrected chi connectivity index (χ2v) is 7.94. The molecule has 0 aliphatic carbocycles. The molecular weight excluding hydrogens is 444 g/mol. The second kappa shape index (κ2) is 9.03. The molecule has 0 radical (unpaired) electrons. The summed E-state index contributed by atoms with van der Waals surface area (Å²) in [7, 11) is 1.50. The molecule has 136 valence electrons. The van der Waals surface area contributed by atoms with E-state index in [1.165, 1.54) is 35.4 Å². The van der Waals surface area contributed by atoms with E-state index in [-0.39, 0.29) is 34.5 Å². The average Bonchev–Trinajstić information content (AvgIpc) is 3.03. The molecule has 0 unspecified atom stereocenters. The Morgan fingerprint density at radius 3 is 2.69 bits per heavy atom. The van der Waals surface area contributed by atoms with Crippen LogP contribution in [0.4, 0.5) is 0 Å². The molecule has 1 amide bonds. The van der Waals surface area contributed by atoms with E-state index in [0.717, 1.165) is 3.79 Å². The second-order valence-electron chi connectivity index (χ2n) is 5.07. The van der Waals surface area contributed by atoms with Crippen LogP contribution in [0.25, 0.3) is 0 Å². The van der Waals surface area contributed by atoms with Gasteiger partial charge in [0.25, 0.3) is 5.91 Å². The molecular formula is C17H14BrClN2O4S. The van der Waals surface area contributed by atoms with Crippen LogP contribution in [0.15, 0.2) is 28.1 Å². The van der Waals surface area contributed by atoms with E-state index in [1.807, 2.05) is 6.07 Å². The lowest BCUT2D eigenvalue weighted by Crippen LogP contribution is -2.33. The summed E-state index contributed by atoms with van der Waals surface area (Å²) >= 11 is 10.7. The first-order valence-corrected chi connectivity index (χ1v) is 9.42. The molecule has 0 N–H and O–H groups in total. The van der Waals surface area contributed by atoms with E-state index in [4.69, 9.17) is 26.3 Å². The van der Waals surface area contributed by atoms with Gasteiger partial charge in [0.1, 0.15) is 6.54 Å². The predicted molar refractivity (Wildman–Crippen MR) is 102 cm³/mol. The number of halogens is 2. The lowest BCUT2D eigenvalue weighted by Gasteiger charge is -2.17. The minimum atomic E-state index is -0.677. The zero-order chi connectivity index (χ0) is 19.3. The fraction of sp³-hybridized carbons (Fsp3) is 0.235. The maximum Gasteiger partial charge on any atom is 0.331 e. The lowest BCUT2D eigenvalue weighted by atomic mass is 10.2. The highest BCUT2D eigenvalue weighted by molar-refractivity contribution is 9.11. The number of rotatable bonds is 6. The minimum absolute atomic E-state index is 0.0252. The number of carbonyl (C=O) groups excluding carboxylic acids is 2. The first-order valence-electron chi connectivity index (χ1n) is 7.43. The maximum atomic E-state index is 12.3. The van der Waals surface area contributed by atoms with Crippen LogP contribution < -0.4 is 9.47 Å². The Kier molecular flexibility index (Phi) is 7.03. The van der Waals surface area contributed by atoms with E-state index in [0.29, 0.717) is 11.5 Å². The number of hydrogen-bond donors (Lipinski definition) is 0. The van der Waals surface area contributed by atoms with Crippen molar-refractivity contribution in [2.24, 2.45) is 0 Å². The third-order valence-electron chi connectivity index (χ3n) is 3.15. The summed E-state index contributed by atoms with van der Waals surface area (Å²) in [5.74, 6) is -0.754. The van der Waals surface area contributed by atoms with Crippen molar-refractivity contribution in [1.29, 1.82) is 5.26 Å². The van der Waals surface area contributed by atoms with Crippen LogP contribution >= 0.6 is 38.9 Å². The summed E-state index contributed by atoms with van der Waals surface area (Å²) in [5, 5.41) is 9.08.